The Kier molecular flexibility index (Phi) is 27.5. The molecular weight excluding hydrogens is 478 g/mol. The molecule has 11 nitrogen and oxygen atoms in total. The van der Waals surface area contributed by atoms with Crippen LogP contribution in [0, 0.1) is 0 Å². The zero-order valence-corrected chi connectivity index (χ0v) is 20.9. The second-order valence-electron chi connectivity index (χ2n) is 6.89. The van der Waals surface area contributed by atoms with Gasteiger partial charge in [0, 0.05) is 6.92 Å². The van der Waals surface area contributed by atoms with Crippen molar-refractivity contribution in [1.29, 1.82) is 0 Å². The monoisotopic (exact) mass is 522 g/mol. The summed E-state index contributed by atoms with van der Waals surface area (Å²) in [5, 5.41) is 8.54. The molecule has 0 radical (unpaired) electrons. The van der Waals surface area contributed by atoms with Gasteiger partial charge in [0.2, 0.25) is 0 Å². The van der Waals surface area contributed by atoms with E-state index in [0.29, 0.717) is 119 Å². The number of rotatable bonds is 30. The van der Waals surface area contributed by atoms with Crippen molar-refractivity contribution in [2.75, 3.05) is 132 Å². The maximum Gasteiger partial charge on any atom is 0.353 e. The minimum Gasteiger partial charge on any atom is -0.394 e. The first-order chi connectivity index (χ1) is 17.1. The molecule has 0 atom stereocenters. The topological polar surface area (TPSA) is 113 Å². The van der Waals surface area contributed by atoms with Gasteiger partial charge >= 0.3 is 6.11 Å². The van der Waals surface area contributed by atoms with Gasteiger partial charge in [0.05, 0.1) is 132 Å². The van der Waals surface area contributed by atoms with Crippen molar-refractivity contribution in [3.63, 3.8) is 0 Å². The van der Waals surface area contributed by atoms with E-state index in [4.69, 9.17) is 47.7 Å². The SMILES string of the molecule is CC(F)(F)OCCOCCOCCOCCOCCOCCOCCOCCOCCOCCO. The third-order valence-corrected chi connectivity index (χ3v) is 3.79. The van der Waals surface area contributed by atoms with Crippen molar-refractivity contribution in [3.05, 3.63) is 0 Å². The molecule has 0 aromatic carbocycles. The average Bonchev–Trinajstić information content (AvgIpc) is 2.82. The number of hydrogen-bond donors (Lipinski definition) is 1. The standard InChI is InChI=1S/C22H44F2O11/c1-22(23,24)35-21-20-34-19-18-33-17-16-32-15-14-31-13-12-30-11-10-29-9-8-28-7-6-27-5-4-26-3-2-25/h25H,2-21H2,1H3. The molecule has 0 aliphatic heterocycles. The molecule has 0 fully saturated rings. The summed E-state index contributed by atoms with van der Waals surface area (Å²) in [6.45, 7) is 8.20. The lowest BCUT2D eigenvalue weighted by Gasteiger charge is -2.11. The molecular formula is C22H44F2O11. The van der Waals surface area contributed by atoms with Crippen LogP contribution in [0.25, 0.3) is 0 Å². The van der Waals surface area contributed by atoms with E-state index in [0.717, 1.165) is 0 Å². The number of alkyl halides is 2. The van der Waals surface area contributed by atoms with E-state index in [1.807, 2.05) is 0 Å². The fraction of sp³-hybridized carbons (Fsp3) is 1.00. The number of aliphatic hydroxyl groups excluding tert-OH is 1. The minimum absolute atomic E-state index is 0.0177. The molecule has 0 spiro atoms. The largest absolute Gasteiger partial charge is 0.394 e. The fourth-order valence-corrected chi connectivity index (χ4v) is 2.21. The van der Waals surface area contributed by atoms with E-state index in [1.54, 1.807) is 0 Å². The van der Waals surface area contributed by atoms with Crippen LogP contribution in [0.5, 0.6) is 0 Å². The van der Waals surface area contributed by atoms with Crippen molar-refractivity contribution in [3.8, 4) is 0 Å². The van der Waals surface area contributed by atoms with Crippen molar-refractivity contribution in [2.24, 2.45) is 0 Å². The first-order valence-corrected chi connectivity index (χ1v) is 11.9. The van der Waals surface area contributed by atoms with Gasteiger partial charge in [-0.1, -0.05) is 0 Å². The molecule has 0 aliphatic carbocycles. The van der Waals surface area contributed by atoms with Gasteiger partial charge in [0.1, 0.15) is 0 Å². The van der Waals surface area contributed by atoms with Gasteiger partial charge in [-0.2, -0.15) is 8.78 Å². The Bertz CT molecular complexity index is 404. The molecule has 0 amide bonds. The van der Waals surface area contributed by atoms with E-state index in [9.17, 15) is 8.78 Å². The van der Waals surface area contributed by atoms with Crippen LogP contribution >= 0.6 is 0 Å². The van der Waals surface area contributed by atoms with Crippen LogP contribution < -0.4 is 0 Å². The van der Waals surface area contributed by atoms with E-state index in [-0.39, 0.29) is 19.8 Å². The van der Waals surface area contributed by atoms with Crippen molar-refractivity contribution < 1.29 is 61.3 Å². The Balaban J connectivity index is 3.03. The van der Waals surface area contributed by atoms with Crippen molar-refractivity contribution in [2.45, 2.75) is 13.0 Å². The first kappa shape index (κ1) is 34.4. The smallest absolute Gasteiger partial charge is 0.353 e. The van der Waals surface area contributed by atoms with Crippen LogP contribution in [-0.2, 0) is 47.4 Å². The molecule has 35 heavy (non-hydrogen) atoms. The summed E-state index contributed by atoms with van der Waals surface area (Å²) < 4.78 is 76.6. The zero-order valence-electron chi connectivity index (χ0n) is 20.9. The molecule has 0 aliphatic rings. The molecule has 0 heterocycles. The number of ether oxygens (including phenoxy) is 10. The Morgan fingerprint density at radius 2 is 0.600 bits per heavy atom. The summed E-state index contributed by atoms with van der Waals surface area (Å²) in [6.07, 6.45) is -3.13. The minimum atomic E-state index is -3.13. The van der Waals surface area contributed by atoms with Crippen LogP contribution in [0.3, 0.4) is 0 Å². The fourth-order valence-electron chi connectivity index (χ4n) is 2.21. The maximum absolute atomic E-state index is 12.4. The highest BCUT2D eigenvalue weighted by atomic mass is 19.3. The van der Waals surface area contributed by atoms with Crippen LogP contribution in [-0.4, -0.2) is 143 Å². The summed E-state index contributed by atoms with van der Waals surface area (Å²) in [5.41, 5.74) is 0. The van der Waals surface area contributed by atoms with Crippen LogP contribution in [0.4, 0.5) is 8.78 Å². The summed E-state index contributed by atoms with van der Waals surface area (Å²) in [4.78, 5) is 0. The summed E-state index contributed by atoms with van der Waals surface area (Å²) >= 11 is 0. The molecule has 0 rings (SSSR count). The molecule has 0 aromatic rings. The number of aliphatic hydroxyl groups is 1. The second kappa shape index (κ2) is 28.0. The van der Waals surface area contributed by atoms with E-state index >= 15 is 0 Å². The number of hydrogen-bond acceptors (Lipinski definition) is 11. The first-order valence-electron chi connectivity index (χ1n) is 11.9. The summed E-state index contributed by atoms with van der Waals surface area (Å²) in [6, 6.07) is 0. The van der Waals surface area contributed by atoms with E-state index in [2.05, 4.69) is 4.74 Å². The lowest BCUT2D eigenvalue weighted by molar-refractivity contribution is -0.229. The average molecular weight is 523 g/mol. The summed E-state index contributed by atoms with van der Waals surface area (Å²) in [7, 11) is 0. The van der Waals surface area contributed by atoms with E-state index in [1.165, 1.54) is 0 Å². The Hall–Kier alpha value is -0.580. The number of halogens is 2. The van der Waals surface area contributed by atoms with Gasteiger partial charge in [-0.15, -0.1) is 0 Å². The van der Waals surface area contributed by atoms with Crippen LogP contribution in [0.2, 0.25) is 0 Å². The normalized spacial score (nSPS) is 12.0. The van der Waals surface area contributed by atoms with Gasteiger partial charge < -0.3 is 52.5 Å². The molecule has 1 N–H and O–H groups in total. The molecule has 13 heteroatoms. The molecule has 212 valence electrons. The predicted molar refractivity (Wildman–Crippen MR) is 121 cm³/mol. The highest BCUT2D eigenvalue weighted by Gasteiger charge is 2.20. The second-order valence-corrected chi connectivity index (χ2v) is 6.89. The third kappa shape index (κ3) is 33.4. The van der Waals surface area contributed by atoms with Crippen molar-refractivity contribution in [1.82, 2.24) is 0 Å². The van der Waals surface area contributed by atoms with Crippen molar-refractivity contribution >= 4 is 0 Å². The van der Waals surface area contributed by atoms with Crippen LogP contribution in [0.15, 0.2) is 0 Å². The lowest BCUT2D eigenvalue weighted by atomic mass is 10.6. The Morgan fingerprint density at radius 3 is 0.800 bits per heavy atom. The Labute approximate surface area is 207 Å². The Morgan fingerprint density at radius 1 is 0.400 bits per heavy atom. The molecule has 0 aromatic heterocycles. The molecule has 0 saturated carbocycles. The molecule has 0 unspecified atom stereocenters. The van der Waals surface area contributed by atoms with Crippen LogP contribution in [0.1, 0.15) is 6.92 Å². The zero-order chi connectivity index (χ0) is 25.7. The van der Waals surface area contributed by atoms with Gasteiger partial charge in [-0.05, 0) is 0 Å². The van der Waals surface area contributed by atoms with Gasteiger partial charge in [0.25, 0.3) is 0 Å². The molecule has 0 bridgehead atoms. The summed E-state index contributed by atoms with van der Waals surface area (Å²) in [5.74, 6) is 0. The predicted octanol–water partition coefficient (Wildman–Crippen LogP) is 0.757. The van der Waals surface area contributed by atoms with Gasteiger partial charge in [-0.25, -0.2) is 0 Å². The third-order valence-electron chi connectivity index (χ3n) is 3.79. The van der Waals surface area contributed by atoms with Gasteiger partial charge in [-0.3, -0.25) is 0 Å². The highest BCUT2D eigenvalue weighted by Crippen LogP contribution is 2.12. The lowest BCUT2D eigenvalue weighted by Crippen LogP contribution is -2.19. The van der Waals surface area contributed by atoms with Gasteiger partial charge in [0.15, 0.2) is 0 Å². The quantitative estimate of drug-likeness (QED) is 0.135. The maximum atomic E-state index is 12.4. The molecule has 0 saturated heterocycles. The highest BCUT2D eigenvalue weighted by molar-refractivity contribution is 4.40. The van der Waals surface area contributed by atoms with E-state index < -0.39 is 6.11 Å².